The first-order valence-corrected chi connectivity index (χ1v) is 7.58. The number of rotatable bonds is 3. The van der Waals surface area contributed by atoms with Gasteiger partial charge < -0.3 is 19.1 Å². The lowest BCUT2D eigenvalue weighted by Crippen LogP contribution is -2.50. The van der Waals surface area contributed by atoms with Gasteiger partial charge in [0.05, 0.1) is 31.9 Å². The average Bonchev–Trinajstić information content (AvgIpc) is 3.08. The van der Waals surface area contributed by atoms with E-state index in [0.29, 0.717) is 25.5 Å². The molecular formula is C16H20FNO4. The van der Waals surface area contributed by atoms with Gasteiger partial charge in [-0.05, 0) is 31.4 Å². The fraction of sp³-hybridized carbons (Fsp3) is 0.562. The second-order valence-electron chi connectivity index (χ2n) is 5.52. The Morgan fingerprint density at radius 2 is 2.09 bits per heavy atom. The van der Waals surface area contributed by atoms with E-state index >= 15 is 0 Å². The zero-order valence-electron chi connectivity index (χ0n) is 12.6. The number of amides is 1. The molecule has 2 heterocycles. The van der Waals surface area contributed by atoms with E-state index < -0.39 is 12.1 Å². The van der Waals surface area contributed by atoms with Gasteiger partial charge in [0.1, 0.15) is 11.6 Å². The molecule has 2 saturated heterocycles. The number of carbonyl (C=O) groups is 1. The molecule has 0 aromatic heterocycles. The van der Waals surface area contributed by atoms with Gasteiger partial charge in [-0.25, -0.2) is 4.39 Å². The maximum atomic E-state index is 14.2. The summed E-state index contributed by atoms with van der Waals surface area (Å²) in [5, 5.41) is 0. The van der Waals surface area contributed by atoms with Gasteiger partial charge in [0.15, 0.2) is 6.29 Å². The summed E-state index contributed by atoms with van der Waals surface area (Å²) < 4.78 is 30.2. The van der Waals surface area contributed by atoms with Gasteiger partial charge in [0.2, 0.25) is 0 Å². The van der Waals surface area contributed by atoms with Crippen LogP contribution in [-0.4, -0.2) is 50.0 Å². The van der Waals surface area contributed by atoms with Crippen molar-refractivity contribution in [2.45, 2.75) is 31.6 Å². The summed E-state index contributed by atoms with van der Waals surface area (Å²) in [6, 6.07) is 4.15. The van der Waals surface area contributed by atoms with Crippen LogP contribution < -0.4 is 4.74 Å². The van der Waals surface area contributed by atoms with Crippen LogP contribution in [0.15, 0.2) is 18.2 Å². The lowest BCUT2D eigenvalue weighted by atomic mass is 10.00. The van der Waals surface area contributed by atoms with Crippen LogP contribution in [-0.2, 0) is 9.47 Å². The summed E-state index contributed by atoms with van der Waals surface area (Å²) in [4.78, 5) is 14.4. The molecule has 0 bridgehead atoms. The molecule has 1 aromatic carbocycles. The molecule has 6 heteroatoms. The van der Waals surface area contributed by atoms with E-state index in [2.05, 4.69) is 0 Å². The van der Waals surface area contributed by atoms with Crippen LogP contribution in [0, 0.1) is 5.82 Å². The van der Waals surface area contributed by atoms with E-state index in [0.717, 1.165) is 19.3 Å². The number of piperidine rings is 1. The summed E-state index contributed by atoms with van der Waals surface area (Å²) in [5.41, 5.74) is 0.0608. The first kappa shape index (κ1) is 15.2. The predicted molar refractivity (Wildman–Crippen MR) is 77.3 cm³/mol. The van der Waals surface area contributed by atoms with Crippen molar-refractivity contribution >= 4 is 5.91 Å². The highest BCUT2D eigenvalue weighted by atomic mass is 19.1. The van der Waals surface area contributed by atoms with Gasteiger partial charge in [0, 0.05) is 12.6 Å². The first-order valence-electron chi connectivity index (χ1n) is 7.58. The van der Waals surface area contributed by atoms with Crippen LogP contribution in [0.25, 0.3) is 0 Å². The molecule has 5 nitrogen and oxygen atoms in total. The third kappa shape index (κ3) is 2.94. The maximum Gasteiger partial charge on any atom is 0.257 e. The Labute approximate surface area is 128 Å². The zero-order chi connectivity index (χ0) is 15.5. The van der Waals surface area contributed by atoms with Crippen molar-refractivity contribution in [3.8, 4) is 5.75 Å². The number of ether oxygens (including phenoxy) is 3. The van der Waals surface area contributed by atoms with Crippen molar-refractivity contribution in [1.29, 1.82) is 0 Å². The standard InChI is InChI=1S/C16H20FNO4/c1-20-11-5-6-12(13(17)10-11)15(19)18-7-3-2-4-14(18)16-21-8-9-22-16/h5-6,10,14,16H,2-4,7-9H2,1H3. The second-order valence-corrected chi connectivity index (χ2v) is 5.52. The second kappa shape index (κ2) is 6.62. The van der Waals surface area contributed by atoms with Crippen molar-refractivity contribution in [3.05, 3.63) is 29.6 Å². The summed E-state index contributed by atoms with van der Waals surface area (Å²) in [6.45, 7) is 1.68. The molecule has 0 radical (unpaired) electrons. The molecule has 3 rings (SSSR count). The van der Waals surface area contributed by atoms with Crippen LogP contribution >= 0.6 is 0 Å². The van der Waals surface area contributed by atoms with Gasteiger partial charge in [-0.2, -0.15) is 0 Å². The third-order valence-corrected chi connectivity index (χ3v) is 4.18. The first-order chi connectivity index (χ1) is 10.7. The zero-order valence-corrected chi connectivity index (χ0v) is 12.6. The number of hydrogen-bond donors (Lipinski definition) is 0. The highest BCUT2D eigenvalue weighted by Gasteiger charge is 2.37. The molecular weight excluding hydrogens is 289 g/mol. The van der Waals surface area contributed by atoms with Gasteiger partial charge in [0.25, 0.3) is 5.91 Å². The van der Waals surface area contributed by atoms with E-state index in [1.807, 2.05) is 0 Å². The Kier molecular flexibility index (Phi) is 4.59. The molecule has 0 aliphatic carbocycles. The van der Waals surface area contributed by atoms with Gasteiger partial charge in [-0.3, -0.25) is 4.79 Å². The Morgan fingerprint density at radius 3 is 2.77 bits per heavy atom. The molecule has 2 aliphatic rings. The quantitative estimate of drug-likeness (QED) is 0.859. The van der Waals surface area contributed by atoms with Crippen molar-refractivity contribution in [2.75, 3.05) is 26.9 Å². The van der Waals surface area contributed by atoms with E-state index in [4.69, 9.17) is 14.2 Å². The number of benzene rings is 1. The third-order valence-electron chi connectivity index (χ3n) is 4.18. The summed E-state index contributed by atoms with van der Waals surface area (Å²) >= 11 is 0. The molecule has 0 spiro atoms. The lowest BCUT2D eigenvalue weighted by Gasteiger charge is -2.38. The van der Waals surface area contributed by atoms with Gasteiger partial charge >= 0.3 is 0 Å². The predicted octanol–water partition coefficient (Wildman–Crippen LogP) is 2.20. The lowest BCUT2D eigenvalue weighted by molar-refractivity contribution is -0.100. The van der Waals surface area contributed by atoms with Crippen molar-refractivity contribution < 1.29 is 23.4 Å². The van der Waals surface area contributed by atoms with E-state index in [-0.39, 0.29) is 17.5 Å². The van der Waals surface area contributed by atoms with Crippen LogP contribution in [0.4, 0.5) is 4.39 Å². The minimum absolute atomic E-state index is 0.0608. The highest BCUT2D eigenvalue weighted by molar-refractivity contribution is 5.95. The Bertz CT molecular complexity index is 545. The minimum Gasteiger partial charge on any atom is -0.497 e. The van der Waals surface area contributed by atoms with Crippen molar-refractivity contribution in [2.24, 2.45) is 0 Å². The molecule has 2 aliphatic heterocycles. The fourth-order valence-corrected chi connectivity index (χ4v) is 3.04. The van der Waals surface area contributed by atoms with E-state index in [9.17, 15) is 9.18 Å². The summed E-state index contributed by atoms with van der Waals surface area (Å²) in [5.74, 6) is -0.488. The molecule has 1 unspecified atom stereocenters. The molecule has 0 saturated carbocycles. The number of methoxy groups -OCH3 is 1. The van der Waals surface area contributed by atoms with Crippen molar-refractivity contribution in [1.82, 2.24) is 4.90 Å². The monoisotopic (exact) mass is 309 g/mol. The highest BCUT2D eigenvalue weighted by Crippen LogP contribution is 2.27. The molecule has 1 aromatic rings. The van der Waals surface area contributed by atoms with E-state index in [1.165, 1.54) is 19.2 Å². The number of nitrogens with zero attached hydrogens (tertiary/aromatic N) is 1. The fourth-order valence-electron chi connectivity index (χ4n) is 3.04. The smallest absolute Gasteiger partial charge is 0.257 e. The number of likely N-dealkylation sites (tertiary alicyclic amines) is 1. The minimum atomic E-state index is -0.568. The number of carbonyl (C=O) groups excluding carboxylic acids is 1. The Balaban J connectivity index is 1.82. The van der Waals surface area contributed by atoms with Crippen LogP contribution in [0.2, 0.25) is 0 Å². The Hall–Kier alpha value is -1.66. The van der Waals surface area contributed by atoms with Crippen LogP contribution in [0.1, 0.15) is 29.6 Å². The summed E-state index contributed by atoms with van der Waals surface area (Å²) in [7, 11) is 1.46. The molecule has 120 valence electrons. The SMILES string of the molecule is COc1ccc(C(=O)N2CCCCC2C2OCCO2)c(F)c1. The molecule has 1 amide bonds. The molecule has 1 atom stereocenters. The van der Waals surface area contributed by atoms with E-state index in [1.54, 1.807) is 11.0 Å². The molecule has 2 fully saturated rings. The van der Waals surface area contributed by atoms with Crippen LogP contribution in [0.5, 0.6) is 5.75 Å². The van der Waals surface area contributed by atoms with Gasteiger partial charge in [-0.1, -0.05) is 0 Å². The summed E-state index contributed by atoms with van der Waals surface area (Å²) in [6.07, 6.45) is 2.34. The van der Waals surface area contributed by atoms with Crippen LogP contribution in [0.3, 0.4) is 0 Å². The number of hydrogen-bond acceptors (Lipinski definition) is 4. The average molecular weight is 309 g/mol. The molecule has 22 heavy (non-hydrogen) atoms. The largest absolute Gasteiger partial charge is 0.497 e. The number of halogens is 1. The normalized spacial score (nSPS) is 22.8. The topological polar surface area (TPSA) is 48.0 Å². The van der Waals surface area contributed by atoms with Crippen molar-refractivity contribution in [3.63, 3.8) is 0 Å². The molecule has 0 N–H and O–H groups in total. The Morgan fingerprint density at radius 1 is 1.32 bits per heavy atom. The maximum absolute atomic E-state index is 14.2. The van der Waals surface area contributed by atoms with Gasteiger partial charge in [-0.15, -0.1) is 0 Å².